The molecule has 0 aromatic heterocycles. The molecule has 3 N–H and O–H groups in total. The minimum absolute atomic E-state index is 0.151. The molecule has 5 nitrogen and oxygen atoms in total. The van der Waals surface area contributed by atoms with Gasteiger partial charge in [0.05, 0.1) is 12.7 Å². The van der Waals surface area contributed by atoms with Gasteiger partial charge in [-0.3, -0.25) is 4.79 Å². The normalized spacial score (nSPS) is 27.9. The van der Waals surface area contributed by atoms with Gasteiger partial charge in [0, 0.05) is 13.7 Å². The fourth-order valence-corrected chi connectivity index (χ4v) is 1.93. The van der Waals surface area contributed by atoms with Crippen molar-refractivity contribution in [3.05, 3.63) is 0 Å². The van der Waals surface area contributed by atoms with Crippen LogP contribution in [-0.2, 0) is 9.53 Å². The van der Waals surface area contributed by atoms with Crippen molar-refractivity contribution in [1.29, 1.82) is 0 Å². The molecule has 0 heterocycles. The Kier molecular flexibility index (Phi) is 5.01. The molecule has 1 rings (SSSR count). The molecule has 0 aromatic rings. The van der Waals surface area contributed by atoms with E-state index in [2.05, 4.69) is 5.32 Å². The van der Waals surface area contributed by atoms with Crippen molar-refractivity contribution >= 4 is 5.97 Å². The largest absolute Gasteiger partial charge is 0.480 e. The van der Waals surface area contributed by atoms with E-state index in [0.29, 0.717) is 6.54 Å². The number of carboxylic acid groups (broad SMARTS) is 1. The summed E-state index contributed by atoms with van der Waals surface area (Å²) in [6.07, 6.45) is 2.53. The topological polar surface area (TPSA) is 78.8 Å². The van der Waals surface area contributed by atoms with Crippen LogP contribution >= 0.6 is 0 Å². The summed E-state index contributed by atoms with van der Waals surface area (Å²) in [7, 11) is 1.47. The second-order valence-corrected chi connectivity index (χ2v) is 4.01. The number of carboxylic acids is 1. The lowest BCUT2D eigenvalue weighted by molar-refractivity contribution is -0.141. The fraction of sp³-hybridized carbons (Fsp3) is 0.900. The summed E-state index contributed by atoms with van der Waals surface area (Å²) in [6.45, 7) is 0.694. The molecule has 1 saturated carbocycles. The van der Waals surface area contributed by atoms with Gasteiger partial charge in [-0.1, -0.05) is 6.42 Å². The molecule has 1 fully saturated rings. The molecule has 15 heavy (non-hydrogen) atoms. The van der Waals surface area contributed by atoms with Crippen LogP contribution in [0.5, 0.6) is 0 Å². The molecule has 0 spiro atoms. The van der Waals surface area contributed by atoms with Crippen LogP contribution in [0.3, 0.4) is 0 Å². The van der Waals surface area contributed by atoms with E-state index in [-0.39, 0.29) is 18.6 Å². The molecule has 1 aliphatic rings. The first kappa shape index (κ1) is 12.4. The van der Waals surface area contributed by atoms with Crippen molar-refractivity contribution in [3.8, 4) is 0 Å². The predicted molar refractivity (Wildman–Crippen MR) is 54.7 cm³/mol. The minimum Gasteiger partial charge on any atom is -0.480 e. The van der Waals surface area contributed by atoms with Gasteiger partial charge in [0.2, 0.25) is 0 Å². The van der Waals surface area contributed by atoms with Crippen molar-refractivity contribution in [3.63, 3.8) is 0 Å². The zero-order valence-corrected chi connectivity index (χ0v) is 8.98. The van der Waals surface area contributed by atoms with Gasteiger partial charge < -0.3 is 20.3 Å². The maximum Gasteiger partial charge on any atom is 0.323 e. The van der Waals surface area contributed by atoms with Gasteiger partial charge in [0.1, 0.15) is 6.04 Å². The van der Waals surface area contributed by atoms with Gasteiger partial charge in [-0.2, -0.15) is 0 Å². The third-order valence-corrected chi connectivity index (χ3v) is 2.88. The Morgan fingerprint density at radius 1 is 1.60 bits per heavy atom. The number of methoxy groups -OCH3 is 1. The number of nitrogens with one attached hydrogen (secondary N) is 1. The second-order valence-electron chi connectivity index (χ2n) is 4.01. The lowest BCUT2D eigenvalue weighted by atomic mass is 10.1. The summed E-state index contributed by atoms with van der Waals surface area (Å²) < 4.78 is 4.80. The summed E-state index contributed by atoms with van der Waals surface area (Å²) in [5.74, 6) is -0.729. The number of aliphatic carboxylic acids is 1. The SMILES string of the molecule is COCC(NCC1CCCC1O)C(=O)O. The van der Waals surface area contributed by atoms with Gasteiger partial charge in [-0.25, -0.2) is 0 Å². The Balaban J connectivity index is 2.29. The van der Waals surface area contributed by atoms with Crippen molar-refractivity contribution in [2.45, 2.75) is 31.4 Å². The molecule has 0 radical (unpaired) electrons. The molecule has 3 unspecified atom stereocenters. The Bertz CT molecular complexity index is 210. The molecular formula is C10H19NO4. The molecule has 0 amide bonds. The number of rotatable bonds is 6. The van der Waals surface area contributed by atoms with Gasteiger partial charge in [-0.05, 0) is 18.8 Å². The quantitative estimate of drug-likeness (QED) is 0.576. The van der Waals surface area contributed by atoms with E-state index < -0.39 is 12.0 Å². The standard InChI is InChI=1S/C10H19NO4/c1-15-6-8(10(13)14)11-5-7-3-2-4-9(7)12/h7-9,11-12H,2-6H2,1H3,(H,13,14). The Morgan fingerprint density at radius 2 is 2.33 bits per heavy atom. The molecule has 1 aliphatic carbocycles. The molecule has 0 aliphatic heterocycles. The van der Waals surface area contributed by atoms with Crippen molar-refractivity contribution in [2.75, 3.05) is 20.3 Å². The molecule has 3 atom stereocenters. The van der Waals surface area contributed by atoms with Crippen molar-refractivity contribution in [1.82, 2.24) is 5.32 Å². The highest BCUT2D eigenvalue weighted by Crippen LogP contribution is 2.24. The Morgan fingerprint density at radius 3 is 2.80 bits per heavy atom. The first-order valence-electron chi connectivity index (χ1n) is 5.28. The molecular weight excluding hydrogens is 198 g/mol. The van der Waals surface area contributed by atoms with E-state index in [1.165, 1.54) is 7.11 Å². The highest BCUT2D eigenvalue weighted by Gasteiger charge is 2.26. The Labute approximate surface area is 89.4 Å². The number of ether oxygens (including phenoxy) is 1. The lowest BCUT2D eigenvalue weighted by Crippen LogP contribution is -2.43. The molecule has 0 aromatic carbocycles. The zero-order chi connectivity index (χ0) is 11.3. The van der Waals surface area contributed by atoms with Gasteiger partial charge in [0.15, 0.2) is 0 Å². The average Bonchev–Trinajstić information content (AvgIpc) is 2.58. The van der Waals surface area contributed by atoms with Crippen LogP contribution in [0, 0.1) is 5.92 Å². The van der Waals surface area contributed by atoms with E-state index in [1.807, 2.05) is 0 Å². The van der Waals surface area contributed by atoms with Crippen LogP contribution in [0.15, 0.2) is 0 Å². The summed E-state index contributed by atoms with van der Waals surface area (Å²) >= 11 is 0. The number of aliphatic hydroxyl groups excluding tert-OH is 1. The van der Waals surface area contributed by atoms with Crippen LogP contribution in [-0.4, -0.2) is 48.6 Å². The maximum atomic E-state index is 10.8. The highest BCUT2D eigenvalue weighted by atomic mass is 16.5. The number of hydrogen-bond donors (Lipinski definition) is 3. The number of carbonyl (C=O) groups is 1. The van der Waals surface area contributed by atoms with E-state index in [1.54, 1.807) is 0 Å². The fourth-order valence-electron chi connectivity index (χ4n) is 1.93. The van der Waals surface area contributed by atoms with Gasteiger partial charge >= 0.3 is 5.97 Å². The van der Waals surface area contributed by atoms with E-state index in [4.69, 9.17) is 9.84 Å². The van der Waals surface area contributed by atoms with Crippen LogP contribution in [0.25, 0.3) is 0 Å². The molecule has 88 valence electrons. The third kappa shape index (κ3) is 3.77. The molecule has 0 saturated heterocycles. The smallest absolute Gasteiger partial charge is 0.323 e. The van der Waals surface area contributed by atoms with Crippen LogP contribution in [0.4, 0.5) is 0 Å². The van der Waals surface area contributed by atoms with E-state index in [0.717, 1.165) is 19.3 Å². The summed E-state index contributed by atoms with van der Waals surface area (Å²) in [5.41, 5.74) is 0. The molecule has 0 bridgehead atoms. The first-order valence-corrected chi connectivity index (χ1v) is 5.28. The Hall–Kier alpha value is -0.650. The second kappa shape index (κ2) is 6.05. The van der Waals surface area contributed by atoms with Crippen LogP contribution in [0.1, 0.15) is 19.3 Å². The number of hydrogen-bond acceptors (Lipinski definition) is 4. The van der Waals surface area contributed by atoms with Crippen molar-refractivity contribution < 1.29 is 19.7 Å². The van der Waals surface area contributed by atoms with Crippen LogP contribution < -0.4 is 5.32 Å². The van der Waals surface area contributed by atoms with Crippen LogP contribution in [0.2, 0.25) is 0 Å². The zero-order valence-electron chi connectivity index (χ0n) is 8.98. The van der Waals surface area contributed by atoms with Gasteiger partial charge in [-0.15, -0.1) is 0 Å². The van der Waals surface area contributed by atoms with E-state index >= 15 is 0 Å². The van der Waals surface area contributed by atoms with E-state index in [9.17, 15) is 9.90 Å². The highest BCUT2D eigenvalue weighted by molar-refractivity contribution is 5.73. The number of aliphatic hydroxyl groups is 1. The summed E-state index contributed by atoms with van der Waals surface area (Å²) in [5, 5.41) is 21.3. The summed E-state index contributed by atoms with van der Waals surface area (Å²) in [4.78, 5) is 10.8. The average molecular weight is 217 g/mol. The van der Waals surface area contributed by atoms with Crippen molar-refractivity contribution in [2.24, 2.45) is 5.92 Å². The first-order chi connectivity index (χ1) is 7.15. The lowest BCUT2D eigenvalue weighted by Gasteiger charge is -2.19. The maximum absolute atomic E-state index is 10.8. The summed E-state index contributed by atoms with van der Waals surface area (Å²) in [6, 6.07) is -0.678. The van der Waals surface area contributed by atoms with Gasteiger partial charge in [0.25, 0.3) is 0 Å². The minimum atomic E-state index is -0.913. The molecule has 5 heteroatoms. The predicted octanol–water partition coefficient (Wildman–Crippen LogP) is -0.163. The third-order valence-electron chi connectivity index (χ3n) is 2.88. The monoisotopic (exact) mass is 217 g/mol.